The van der Waals surface area contributed by atoms with Crippen LogP contribution in [-0.2, 0) is 9.53 Å². The Hall–Kier alpha value is -1.40. The first-order valence-electron chi connectivity index (χ1n) is 5.90. The minimum absolute atomic E-state index is 0.0134. The number of hydrogen-bond donors (Lipinski definition) is 3. The molecule has 0 aliphatic carbocycles. The molecule has 1 aromatic rings. The summed E-state index contributed by atoms with van der Waals surface area (Å²) in [5.74, 6) is 0.0219. The zero-order valence-electron chi connectivity index (χ0n) is 10.7. The second-order valence-corrected chi connectivity index (χ2v) is 4.28. The number of phenols is 1. The number of methoxy groups -OCH3 is 1. The van der Waals surface area contributed by atoms with Crippen LogP contribution in [0.15, 0.2) is 18.2 Å². The first-order valence-corrected chi connectivity index (χ1v) is 6.53. The Morgan fingerprint density at radius 3 is 2.79 bits per heavy atom. The minimum atomic E-state index is -0.716. The summed E-state index contributed by atoms with van der Waals surface area (Å²) >= 11 is 3.78. The number of hydrogen-bond acceptors (Lipinski definition) is 6. The highest BCUT2D eigenvalue weighted by Crippen LogP contribution is 2.30. The molecule has 0 aliphatic heterocycles. The van der Waals surface area contributed by atoms with Gasteiger partial charge in [0.15, 0.2) is 11.5 Å². The SMILES string of the molecule is COc1ccc([C@H](O)CCCOC(=O)CS)cc1O. The smallest absolute Gasteiger partial charge is 0.315 e. The van der Waals surface area contributed by atoms with Crippen LogP contribution in [0.4, 0.5) is 0 Å². The normalized spacial score (nSPS) is 11.9. The van der Waals surface area contributed by atoms with Gasteiger partial charge in [0.1, 0.15) is 0 Å². The zero-order valence-corrected chi connectivity index (χ0v) is 11.6. The molecule has 1 atom stereocenters. The van der Waals surface area contributed by atoms with E-state index in [1.807, 2.05) is 0 Å². The van der Waals surface area contributed by atoms with Crippen LogP contribution in [0.3, 0.4) is 0 Å². The largest absolute Gasteiger partial charge is 0.504 e. The second-order valence-electron chi connectivity index (χ2n) is 3.97. The van der Waals surface area contributed by atoms with Crippen molar-refractivity contribution in [2.75, 3.05) is 19.5 Å². The number of benzene rings is 1. The average molecular weight is 286 g/mol. The third-order valence-corrected chi connectivity index (χ3v) is 2.86. The Morgan fingerprint density at radius 1 is 1.47 bits per heavy atom. The summed E-state index contributed by atoms with van der Waals surface area (Å²) < 4.78 is 9.76. The van der Waals surface area contributed by atoms with Crippen LogP contribution in [0.25, 0.3) is 0 Å². The summed E-state index contributed by atoms with van der Waals surface area (Å²) in [6.45, 7) is 0.249. The Labute approximate surface area is 117 Å². The second kappa shape index (κ2) is 7.91. The highest BCUT2D eigenvalue weighted by Gasteiger charge is 2.11. The number of thiol groups is 1. The maximum Gasteiger partial charge on any atom is 0.315 e. The molecule has 5 nitrogen and oxygen atoms in total. The molecule has 0 radical (unpaired) electrons. The van der Waals surface area contributed by atoms with Gasteiger partial charge < -0.3 is 19.7 Å². The van der Waals surface area contributed by atoms with Gasteiger partial charge in [-0.3, -0.25) is 4.79 Å². The molecule has 19 heavy (non-hydrogen) atoms. The number of esters is 1. The van der Waals surface area contributed by atoms with E-state index < -0.39 is 6.10 Å². The predicted octanol–water partition coefficient (Wildman–Crippen LogP) is 1.69. The molecule has 2 N–H and O–H groups in total. The fourth-order valence-electron chi connectivity index (χ4n) is 1.59. The fourth-order valence-corrected chi connectivity index (χ4v) is 1.68. The third kappa shape index (κ3) is 5.00. The number of phenolic OH excluding ortho intramolecular Hbond substituents is 1. The van der Waals surface area contributed by atoms with Crippen LogP contribution in [0, 0.1) is 0 Å². The lowest BCUT2D eigenvalue weighted by molar-refractivity contribution is -0.140. The van der Waals surface area contributed by atoms with Crippen molar-refractivity contribution in [2.45, 2.75) is 18.9 Å². The van der Waals surface area contributed by atoms with Gasteiger partial charge in [-0.1, -0.05) is 6.07 Å². The molecule has 0 bridgehead atoms. The molecular formula is C13H18O5S. The highest BCUT2D eigenvalue weighted by atomic mass is 32.1. The summed E-state index contributed by atoms with van der Waals surface area (Å²) in [5, 5.41) is 19.5. The number of rotatable bonds is 7. The maximum absolute atomic E-state index is 10.8. The van der Waals surface area contributed by atoms with E-state index in [-0.39, 0.29) is 24.1 Å². The van der Waals surface area contributed by atoms with E-state index in [1.165, 1.54) is 13.2 Å². The van der Waals surface area contributed by atoms with E-state index in [1.54, 1.807) is 12.1 Å². The fraction of sp³-hybridized carbons (Fsp3) is 0.462. The van der Waals surface area contributed by atoms with Crippen LogP contribution < -0.4 is 4.74 Å². The van der Waals surface area contributed by atoms with Crippen LogP contribution in [0.1, 0.15) is 24.5 Å². The molecule has 0 spiro atoms. The number of aromatic hydroxyl groups is 1. The average Bonchev–Trinajstić information content (AvgIpc) is 2.42. The van der Waals surface area contributed by atoms with Gasteiger partial charge in [0.25, 0.3) is 0 Å². The van der Waals surface area contributed by atoms with Gasteiger partial charge >= 0.3 is 5.97 Å². The summed E-state index contributed by atoms with van der Waals surface area (Å²) in [6.07, 6.45) is 0.255. The van der Waals surface area contributed by atoms with E-state index >= 15 is 0 Å². The molecule has 6 heteroatoms. The van der Waals surface area contributed by atoms with Crippen molar-refractivity contribution in [3.05, 3.63) is 23.8 Å². The minimum Gasteiger partial charge on any atom is -0.504 e. The van der Waals surface area contributed by atoms with Crippen molar-refractivity contribution in [3.8, 4) is 11.5 Å². The van der Waals surface area contributed by atoms with Crippen molar-refractivity contribution >= 4 is 18.6 Å². The van der Waals surface area contributed by atoms with Gasteiger partial charge in [-0.15, -0.1) is 0 Å². The summed E-state index contributed by atoms with van der Waals surface area (Å²) in [5.41, 5.74) is 0.596. The Morgan fingerprint density at radius 2 is 2.21 bits per heavy atom. The van der Waals surface area contributed by atoms with Crippen LogP contribution in [-0.4, -0.2) is 35.7 Å². The number of carbonyl (C=O) groups excluding carboxylic acids is 1. The molecular weight excluding hydrogens is 268 g/mol. The summed E-state index contributed by atoms with van der Waals surface area (Å²) in [4.78, 5) is 10.8. The van der Waals surface area contributed by atoms with Gasteiger partial charge in [-0.25, -0.2) is 0 Å². The van der Waals surface area contributed by atoms with E-state index in [4.69, 9.17) is 9.47 Å². The zero-order chi connectivity index (χ0) is 14.3. The Bertz CT molecular complexity index is 421. The van der Waals surface area contributed by atoms with Gasteiger partial charge in [0, 0.05) is 0 Å². The van der Waals surface area contributed by atoms with Crippen molar-refractivity contribution < 1.29 is 24.5 Å². The standard InChI is InChI=1S/C13H18O5S/c1-17-12-5-4-9(7-11(12)15)10(14)3-2-6-18-13(16)8-19/h4-5,7,10,14-15,19H,2-3,6,8H2,1H3/t10-/m1/s1. The molecule has 0 heterocycles. The lowest BCUT2D eigenvalue weighted by Gasteiger charge is -2.12. The van der Waals surface area contributed by atoms with E-state index in [2.05, 4.69) is 12.6 Å². The number of ether oxygens (including phenoxy) is 2. The number of aliphatic hydroxyl groups excluding tert-OH is 1. The lowest BCUT2D eigenvalue weighted by Crippen LogP contribution is -2.08. The summed E-state index contributed by atoms with van der Waals surface area (Å²) in [7, 11) is 1.46. The van der Waals surface area contributed by atoms with E-state index in [0.29, 0.717) is 24.2 Å². The maximum atomic E-state index is 10.8. The van der Waals surface area contributed by atoms with Gasteiger partial charge in [-0.2, -0.15) is 12.6 Å². The molecule has 0 aliphatic rings. The summed E-state index contributed by atoms with van der Waals surface area (Å²) in [6, 6.07) is 4.74. The molecule has 0 aromatic heterocycles. The van der Waals surface area contributed by atoms with Crippen LogP contribution in [0.2, 0.25) is 0 Å². The van der Waals surface area contributed by atoms with Gasteiger partial charge in [0.2, 0.25) is 0 Å². The van der Waals surface area contributed by atoms with Crippen molar-refractivity contribution in [2.24, 2.45) is 0 Å². The number of aliphatic hydroxyl groups is 1. The molecule has 0 saturated heterocycles. The lowest BCUT2D eigenvalue weighted by atomic mass is 10.0. The first kappa shape index (κ1) is 15.7. The van der Waals surface area contributed by atoms with Crippen LogP contribution in [0.5, 0.6) is 11.5 Å². The molecule has 1 rings (SSSR count). The topological polar surface area (TPSA) is 76.0 Å². The number of carbonyl (C=O) groups is 1. The van der Waals surface area contributed by atoms with Crippen LogP contribution >= 0.6 is 12.6 Å². The van der Waals surface area contributed by atoms with E-state index in [0.717, 1.165) is 0 Å². The quantitative estimate of drug-likeness (QED) is 0.404. The monoisotopic (exact) mass is 286 g/mol. The molecule has 0 saturated carbocycles. The van der Waals surface area contributed by atoms with Crippen molar-refractivity contribution in [3.63, 3.8) is 0 Å². The Kier molecular flexibility index (Phi) is 6.52. The first-order chi connectivity index (χ1) is 9.08. The molecule has 1 aromatic carbocycles. The molecule has 0 unspecified atom stereocenters. The third-order valence-electron chi connectivity index (χ3n) is 2.60. The predicted molar refractivity (Wildman–Crippen MR) is 73.7 cm³/mol. The van der Waals surface area contributed by atoms with Crippen molar-refractivity contribution in [1.29, 1.82) is 0 Å². The van der Waals surface area contributed by atoms with Crippen molar-refractivity contribution in [1.82, 2.24) is 0 Å². The van der Waals surface area contributed by atoms with E-state index in [9.17, 15) is 15.0 Å². The molecule has 0 amide bonds. The molecule has 106 valence electrons. The van der Waals surface area contributed by atoms with Gasteiger partial charge in [-0.05, 0) is 30.5 Å². The highest BCUT2D eigenvalue weighted by molar-refractivity contribution is 7.81. The molecule has 0 fully saturated rings. The van der Waals surface area contributed by atoms with Gasteiger partial charge in [0.05, 0.1) is 25.6 Å². The Balaban J connectivity index is 2.43.